The second kappa shape index (κ2) is 6.31. The zero-order chi connectivity index (χ0) is 15.5. The number of rotatable bonds is 3. The topological polar surface area (TPSA) is 68.9 Å². The van der Waals surface area contributed by atoms with Crippen molar-refractivity contribution in [1.82, 2.24) is 4.98 Å². The fraction of sp³-hybridized carbons (Fsp3) is 0.571. The largest absolute Gasteiger partial charge is 0.433 e. The number of nitrogens with zero attached hydrogens (tertiary/aromatic N) is 2. The molecule has 0 bridgehead atoms. The van der Waals surface area contributed by atoms with Gasteiger partial charge in [-0.2, -0.15) is 18.4 Å². The molecule has 0 aliphatic heterocycles. The lowest BCUT2D eigenvalue weighted by atomic mass is 9.85. The maximum Gasteiger partial charge on any atom is 0.433 e. The van der Waals surface area contributed by atoms with Crippen LogP contribution in [0.1, 0.15) is 36.9 Å². The molecule has 0 amide bonds. The molecule has 0 radical (unpaired) electrons. The molecule has 1 aromatic rings. The zero-order valence-electron chi connectivity index (χ0n) is 11.3. The van der Waals surface area contributed by atoms with Crippen LogP contribution in [0.2, 0.25) is 0 Å². The van der Waals surface area contributed by atoms with Crippen LogP contribution in [-0.4, -0.2) is 22.7 Å². The van der Waals surface area contributed by atoms with Crippen molar-refractivity contribution in [2.75, 3.05) is 11.9 Å². The van der Waals surface area contributed by atoms with Crippen LogP contribution in [0, 0.1) is 17.2 Å². The number of halogens is 3. The summed E-state index contributed by atoms with van der Waals surface area (Å²) >= 11 is 0. The summed E-state index contributed by atoms with van der Waals surface area (Å²) in [6.07, 6.45) is -1.06. The Morgan fingerprint density at radius 3 is 2.67 bits per heavy atom. The van der Waals surface area contributed by atoms with Crippen LogP contribution in [0.5, 0.6) is 0 Å². The minimum Gasteiger partial charge on any atom is -0.396 e. The van der Waals surface area contributed by atoms with Crippen LogP contribution in [0.3, 0.4) is 0 Å². The number of anilines is 1. The van der Waals surface area contributed by atoms with E-state index in [2.05, 4.69) is 10.3 Å². The highest BCUT2D eigenvalue weighted by atomic mass is 19.4. The monoisotopic (exact) mass is 299 g/mol. The molecule has 7 heteroatoms. The third-order valence-electron chi connectivity index (χ3n) is 3.77. The molecule has 1 aromatic heterocycles. The molecule has 21 heavy (non-hydrogen) atoms. The van der Waals surface area contributed by atoms with Gasteiger partial charge < -0.3 is 10.4 Å². The van der Waals surface area contributed by atoms with Crippen molar-refractivity contribution < 1.29 is 18.3 Å². The smallest absolute Gasteiger partial charge is 0.396 e. The van der Waals surface area contributed by atoms with Gasteiger partial charge in [0, 0.05) is 18.6 Å². The number of hydrogen-bond donors (Lipinski definition) is 2. The fourth-order valence-corrected chi connectivity index (χ4v) is 2.61. The van der Waals surface area contributed by atoms with Crippen molar-refractivity contribution in [3.05, 3.63) is 23.4 Å². The van der Waals surface area contributed by atoms with Crippen molar-refractivity contribution in [2.24, 2.45) is 5.92 Å². The van der Waals surface area contributed by atoms with Gasteiger partial charge in [-0.05, 0) is 25.0 Å². The predicted octanol–water partition coefficient (Wildman–Crippen LogP) is 2.94. The first-order chi connectivity index (χ1) is 9.95. The van der Waals surface area contributed by atoms with Crippen molar-refractivity contribution in [3.8, 4) is 6.07 Å². The number of aliphatic hydroxyl groups is 1. The molecule has 0 spiro atoms. The standard InChI is InChI=1S/C14H16F3N3O/c15-14(16,17)12-6-5-9(7-18)13(20-12)19-11-4-2-1-3-10(11)8-21/h5-6,10-11,21H,1-4,8H2,(H,19,20)/t10-,11-/m1/s1. The lowest BCUT2D eigenvalue weighted by Gasteiger charge is -2.31. The molecule has 0 aromatic carbocycles. The maximum atomic E-state index is 12.7. The second-order valence-electron chi connectivity index (χ2n) is 5.18. The van der Waals surface area contributed by atoms with Gasteiger partial charge in [-0.1, -0.05) is 12.8 Å². The number of alkyl halides is 3. The summed E-state index contributed by atoms with van der Waals surface area (Å²) in [5, 5.41) is 21.3. The average molecular weight is 299 g/mol. The first-order valence-corrected chi connectivity index (χ1v) is 6.81. The van der Waals surface area contributed by atoms with Crippen LogP contribution < -0.4 is 5.32 Å². The summed E-state index contributed by atoms with van der Waals surface area (Å²) in [6.45, 7) is -0.0293. The molecule has 1 aliphatic carbocycles. The van der Waals surface area contributed by atoms with Gasteiger partial charge in [0.1, 0.15) is 17.6 Å². The first-order valence-electron chi connectivity index (χ1n) is 6.81. The molecule has 2 atom stereocenters. The van der Waals surface area contributed by atoms with Gasteiger partial charge in [-0.15, -0.1) is 0 Å². The molecule has 114 valence electrons. The van der Waals surface area contributed by atoms with E-state index in [1.54, 1.807) is 0 Å². The van der Waals surface area contributed by atoms with Crippen molar-refractivity contribution in [1.29, 1.82) is 5.26 Å². The molecule has 2 rings (SSSR count). The average Bonchev–Trinajstić information content (AvgIpc) is 2.47. The minimum atomic E-state index is -4.55. The van der Waals surface area contributed by atoms with Crippen LogP contribution >= 0.6 is 0 Å². The molecule has 1 fully saturated rings. The second-order valence-corrected chi connectivity index (χ2v) is 5.18. The van der Waals surface area contributed by atoms with Crippen molar-refractivity contribution in [2.45, 2.75) is 37.9 Å². The van der Waals surface area contributed by atoms with Gasteiger partial charge in [-0.3, -0.25) is 0 Å². The Morgan fingerprint density at radius 2 is 2.05 bits per heavy atom. The summed E-state index contributed by atoms with van der Waals surface area (Å²) in [4.78, 5) is 3.54. The molecular formula is C14H16F3N3O. The van der Waals surface area contributed by atoms with Crippen LogP contribution in [-0.2, 0) is 6.18 Å². The van der Waals surface area contributed by atoms with Crippen LogP contribution in [0.15, 0.2) is 12.1 Å². The summed E-state index contributed by atoms with van der Waals surface area (Å²) < 4.78 is 38.1. The molecular weight excluding hydrogens is 283 g/mol. The van der Waals surface area contributed by atoms with E-state index < -0.39 is 11.9 Å². The molecule has 1 aliphatic rings. The number of aliphatic hydroxyl groups excluding tert-OH is 1. The van der Waals surface area contributed by atoms with E-state index in [1.807, 2.05) is 6.07 Å². The number of pyridine rings is 1. The third-order valence-corrected chi connectivity index (χ3v) is 3.77. The fourth-order valence-electron chi connectivity index (χ4n) is 2.61. The van der Waals surface area contributed by atoms with E-state index in [1.165, 1.54) is 0 Å². The molecule has 2 N–H and O–H groups in total. The number of nitriles is 1. The van der Waals surface area contributed by atoms with Gasteiger partial charge in [0.15, 0.2) is 0 Å². The number of hydrogen-bond acceptors (Lipinski definition) is 4. The lowest BCUT2D eigenvalue weighted by molar-refractivity contribution is -0.141. The highest BCUT2D eigenvalue weighted by Gasteiger charge is 2.33. The third kappa shape index (κ3) is 3.64. The quantitative estimate of drug-likeness (QED) is 0.900. The highest BCUT2D eigenvalue weighted by Crippen LogP contribution is 2.31. The minimum absolute atomic E-state index is 0.0263. The van der Waals surface area contributed by atoms with Crippen LogP contribution in [0.25, 0.3) is 0 Å². The number of nitrogens with one attached hydrogen (secondary N) is 1. The van der Waals surface area contributed by atoms with E-state index in [0.29, 0.717) is 0 Å². The zero-order valence-corrected chi connectivity index (χ0v) is 11.3. The van der Waals surface area contributed by atoms with Gasteiger partial charge in [0.05, 0.1) is 5.56 Å². The Hall–Kier alpha value is -1.81. The molecule has 0 saturated heterocycles. The Bertz CT molecular complexity index is 539. The van der Waals surface area contributed by atoms with E-state index in [9.17, 15) is 18.3 Å². The summed E-state index contributed by atoms with van der Waals surface area (Å²) in [6, 6.07) is 3.60. The summed E-state index contributed by atoms with van der Waals surface area (Å²) in [5.41, 5.74) is -0.953. The highest BCUT2D eigenvalue weighted by molar-refractivity contribution is 5.53. The van der Waals surface area contributed by atoms with Crippen molar-refractivity contribution >= 4 is 5.82 Å². The Balaban J connectivity index is 2.27. The predicted molar refractivity (Wildman–Crippen MR) is 70.4 cm³/mol. The molecule has 0 unspecified atom stereocenters. The Labute approximate surface area is 120 Å². The van der Waals surface area contributed by atoms with Gasteiger partial charge in [0.2, 0.25) is 0 Å². The summed E-state index contributed by atoms with van der Waals surface area (Å²) in [7, 11) is 0. The van der Waals surface area contributed by atoms with Gasteiger partial charge >= 0.3 is 6.18 Å². The van der Waals surface area contributed by atoms with Gasteiger partial charge in [0.25, 0.3) is 0 Å². The molecule has 1 heterocycles. The maximum absolute atomic E-state index is 12.7. The van der Waals surface area contributed by atoms with E-state index >= 15 is 0 Å². The first kappa shape index (κ1) is 15.6. The van der Waals surface area contributed by atoms with E-state index in [4.69, 9.17) is 5.26 Å². The lowest BCUT2D eigenvalue weighted by Crippen LogP contribution is -2.35. The molecule has 4 nitrogen and oxygen atoms in total. The Kier molecular flexibility index (Phi) is 4.68. The van der Waals surface area contributed by atoms with Gasteiger partial charge in [-0.25, -0.2) is 4.98 Å². The van der Waals surface area contributed by atoms with E-state index in [0.717, 1.165) is 37.8 Å². The number of aromatic nitrogens is 1. The normalized spacial score (nSPS) is 22.6. The summed E-state index contributed by atoms with van der Waals surface area (Å²) in [5.74, 6) is -0.0840. The van der Waals surface area contributed by atoms with Crippen LogP contribution in [0.4, 0.5) is 19.0 Å². The van der Waals surface area contributed by atoms with Crippen molar-refractivity contribution in [3.63, 3.8) is 0 Å². The molecule has 1 saturated carbocycles. The van der Waals surface area contributed by atoms with E-state index in [-0.39, 0.29) is 29.9 Å². The Morgan fingerprint density at radius 1 is 1.33 bits per heavy atom. The SMILES string of the molecule is N#Cc1ccc(C(F)(F)F)nc1N[C@@H]1CCCC[C@@H]1CO.